The predicted octanol–water partition coefficient (Wildman–Crippen LogP) is 4.61. The molecule has 3 unspecified atom stereocenters. The second-order valence-corrected chi connectivity index (χ2v) is 10.6. The molecule has 0 radical (unpaired) electrons. The van der Waals surface area contributed by atoms with E-state index in [0.717, 1.165) is 5.66 Å². The van der Waals surface area contributed by atoms with Gasteiger partial charge in [-0.15, -0.1) is 0 Å². The molecule has 0 N–H and O–H groups in total. The van der Waals surface area contributed by atoms with Crippen molar-refractivity contribution < 1.29 is 0 Å². The molecule has 2 aromatic rings. The molecule has 2 aromatic carbocycles. The Kier molecular flexibility index (Phi) is 6.13. The Morgan fingerprint density at radius 2 is 1.42 bits per heavy atom. The van der Waals surface area contributed by atoms with E-state index in [4.69, 9.17) is 0 Å². The zero-order valence-corrected chi connectivity index (χ0v) is 17.2. The fraction of sp³-hybridized carbons (Fsp3) is 0.429. The van der Waals surface area contributed by atoms with Gasteiger partial charge in [0, 0.05) is 10.9 Å². The Bertz CT molecular complexity index is 591. The van der Waals surface area contributed by atoms with Gasteiger partial charge in [-0.05, 0) is 64.0 Å². The minimum atomic E-state index is -0.332. The third-order valence-electron chi connectivity index (χ3n) is 5.37. The smallest absolute Gasteiger partial charge is 0.0195 e. The van der Waals surface area contributed by atoms with Gasteiger partial charge in [-0.1, -0.05) is 76.6 Å². The van der Waals surface area contributed by atoms with Crippen molar-refractivity contribution in [3.8, 4) is 0 Å². The average Bonchev–Trinajstić information content (AvgIpc) is 2.97. The van der Waals surface area contributed by atoms with E-state index in [1.807, 2.05) is 0 Å². The molecule has 4 atom stereocenters. The lowest BCUT2D eigenvalue weighted by Crippen LogP contribution is -2.41. The van der Waals surface area contributed by atoms with E-state index < -0.39 is 0 Å². The summed E-state index contributed by atoms with van der Waals surface area (Å²) in [5, 5.41) is 3.03. The zero-order valence-electron chi connectivity index (χ0n) is 14.8. The van der Waals surface area contributed by atoms with Crippen LogP contribution in [0.1, 0.15) is 19.8 Å². The van der Waals surface area contributed by atoms with Crippen LogP contribution in [0.3, 0.4) is 0 Å². The van der Waals surface area contributed by atoms with Crippen molar-refractivity contribution in [2.45, 2.75) is 36.3 Å². The van der Waals surface area contributed by atoms with Crippen LogP contribution in [0.4, 0.5) is 0 Å². The zero-order chi connectivity index (χ0) is 17.1. The highest BCUT2D eigenvalue weighted by molar-refractivity contribution is 9.09. The molecule has 0 saturated heterocycles. The molecule has 0 amide bonds. The van der Waals surface area contributed by atoms with E-state index in [1.165, 1.54) is 23.5 Å². The first kappa shape index (κ1) is 18.1. The van der Waals surface area contributed by atoms with Gasteiger partial charge in [0.15, 0.2) is 0 Å². The van der Waals surface area contributed by atoms with Crippen LogP contribution < -0.4 is 10.6 Å². The van der Waals surface area contributed by atoms with Crippen LogP contribution in [0, 0.1) is 5.92 Å². The van der Waals surface area contributed by atoms with Gasteiger partial charge in [0.25, 0.3) is 0 Å². The Balaban J connectivity index is 2.02. The summed E-state index contributed by atoms with van der Waals surface area (Å²) in [5.41, 5.74) is 0.728. The molecule has 1 saturated carbocycles. The number of alkyl halides is 1. The number of hydrogen-bond acceptors (Lipinski definition) is 1. The first-order chi connectivity index (χ1) is 11.6. The summed E-state index contributed by atoms with van der Waals surface area (Å²) in [4.78, 5) is 3.01. The Labute approximate surface area is 156 Å². The lowest BCUT2D eigenvalue weighted by molar-refractivity contribution is 0.237. The fourth-order valence-electron chi connectivity index (χ4n) is 3.93. The normalized spacial score (nSPS) is 25.3. The summed E-state index contributed by atoms with van der Waals surface area (Å²) >= 11 is 4.01. The van der Waals surface area contributed by atoms with Gasteiger partial charge in [0.1, 0.15) is 0 Å². The molecule has 1 fully saturated rings. The minimum Gasteiger partial charge on any atom is -0.306 e. The molecule has 24 heavy (non-hydrogen) atoms. The highest BCUT2D eigenvalue weighted by atomic mass is 79.9. The van der Waals surface area contributed by atoms with Crippen LogP contribution in [0.5, 0.6) is 0 Å². The molecule has 0 aliphatic heterocycles. The third kappa shape index (κ3) is 3.77. The molecule has 1 nitrogen and oxygen atoms in total. The SMILES string of the molecule is C[C@H](C1C(Br)CCC1P(c1ccccc1)c1ccccc1)N(C)C. The van der Waals surface area contributed by atoms with Crippen LogP contribution >= 0.6 is 23.9 Å². The second kappa shape index (κ2) is 8.13. The van der Waals surface area contributed by atoms with E-state index in [0.29, 0.717) is 16.8 Å². The molecule has 1 aliphatic rings. The number of benzene rings is 2. The quantitative estimate of drug-likeness (QED) is 0.520. The number of halogens is 1. The summed E-state index contributed by atoms with van der Waals surface area (Å²) in [7, 11) is 4.10. The van der Waals surface area contributed by atoms with Gasteiger partial charge < -0.3 is 4.90 Å². The van der Waals surface area contributed by atoms with Crippen molar-refractivity contribution in [3.63, 3.8) is 0 Å². The van der Waals surface area contributed by atoms with Crippen molar-refractivity contribution in [2.24, 2.45) is 5.92 Å². The largest absolute Gasteiger partial charge is 0.306 e. The molecule has 0 spiro atoms. The van der Waals surface area contributed by atoms with E-state index >= 15 is 0 Å². The van der Waals surface area contributed by atoms with Crippen molar-refractivity contribution >= 4 is 34.5 Å². The monoisotopic (exact) mass is 403 g/mol. The van der Waals surface area contributed by atoms with Crippen LogP contribution in [-0.2, 0) is 0 Å². The number of hydrogen-bond donors (Lipinski definition) is 0. The molecule has 0 bridgehead atoms. The van der Waals surface area contributed by atoms with Gasteiger partial charge in [-0.25, -0.2) is 0 Å². The molecular formula is C21H27BrNP. The third-order valence-corrected chi connectivity index (χ3v) is 9.42. The van der Waals surface area contributed by atoms with E-state index in [1.54, 1.807) is 0 Å². The van der Waals surface area contributed by atoms with Crippen LogP contribution in [-0.4, -0.2) is 35.5 Å². The highest BCUT2D eigenvalue weighted by Gasteiger charge is 2.43. The van der Waals surface area contributed by atoms with E-state index in [-0.39, 0.29) is 7.92 Å². The van der Waals surface area contributed by atoms with E-state index in [2.05, 4.69) is 103 Å². The highest BCUT2D eigenvalue weighted by Crippen LogP contribution is 2.53. The van der Waals surface area contributed by atoms with Gasteiger partial charge >= 0.3 is 0 Å². The minimum absolute atomic E-state index is 0.332. The molecular weight excluding hydrogens is 377 g/mol. The summed E-state index contributed by atoms with van der Waals surface area (Å²) in [6.45, 7) is 2.39. The fourth-order valence-corrected chi connectivity index (χ4v) is 8.50. The van der Waals surface area contributed by atoms with Crippen molar-refractivity contribution in [2.75, 3.05) is 14.1 Å². The molecule has 128 valence electrons. The molecule has 0 aromatic heterocycles. The summed E-state index contributed by atoms with van der Waals surface area (Å²) in [5.74, 6) is 0.687. The average molecular weight is 404 g/mol. The molecule has 0 heterocycles. The Morgan fingerprint density at radius 3 is 1.88 bits per heavy atom. The number of nitrogens with zero attached hydrogens (tertiary/aromatic N) is 1. The molecule has 3 rings (SSSR count). The van der Waals surface area contributed by atoms with Crippen LogP contribution in [0.25, 0.3) is 0 Å². The maximum atomic E-state index is 4.01. The van der Waals surface area contributed by atoms with Gasteiger partial charge in [-0.2, -0.15) is 0 Å². The lowest BCUT2D eigenvalue weighted by Gasteiger charge is -2.37. The summed E-state index contributed by atoms with van der Waals surface area (Å²) in [6, 6.07) is 22.9. The van der Waals surface area contributed by atoms with Gasteiger partial charge in [-0.3, -0.25) is 0 Å². The van der Waals surface area contributed by atoms with Crippen LogP contribution in [0.15, 0.2) is 60.7 Å². The van der Waals surface area contributed by atoms with Crippen molar-refractivity contribution in [3.05, 3.63) is 60.7 Å². The Hall–Kier alpha value is -0.690. The van der Waals surface area contributed by atoms with Gasteiger partial charge in [0.2, 0.25) is 0 Å². The first-order valence-corrected chi connectivity index (χ1v) is 11.1. The summed E-state index contributed by atoms with van der Waals surface area (Å²) < 4.78 is 0. The van der Waals surface area contributed by atoms with E-state index in [9.17, 15) is 0 Å². The van der Waals surface area contributed by atoms with Gasteiger partial charge in [0.05, 0.1) is 0 Å². The molecule has 1 aliphatic carbocycles. The lowest BCUT2D eigenvalue weighted by atomic mass is 9.98. The Morgan fingerprint density at radius 1 is 0.917 bits per heavy atom. The number of rotatable bonds is 5. The molecule has 3 heteroatoms. The predicted molar refractivity (Wildman–Crippen MR) is 111 cm³/mol. The maximum absolute atomic E-state index is 4.01. The van der Waals surface area contributed by atoms with Crippen molar-refractivity contribution in [1.82, 2.24) is 4.90 Å². The topological polar surface area (TPSA) is 3.24 Å². The van der Waals surface area contributed by atoms with Crippen molar-refractivity contribution in [1.29, 1.82) is 0 Å². The second-order valence-electron chi connectivity index (χ2n) is 6.98. The summed E-state index contributed by atoms with van der Waals surface area (Å²) in [6.07, 6.45) is 2.60. The standard InChI is InChI=1S/C21H27BrNP/c1-16(23(2)3)21-19(22)14-15-20(21)24(17-10-6-4-7-11-17)18-12-8-5-9-13-18/h4-13,16,19-21H,14-15H2,1-3H3/t16-,19?,20?,21?/m1/s1. The maximum Gasteiger partial charge on any atom is 0.0195 e. The first-order valence-electron chi connectivity index (χ1n) is 8.79. The van der Waals surface area contributed by atoms with Crippen LogP contribution in [0.2, 0.25) is 0 Å².